The highest BCUT2D eigenvalue weighted by molar-refractivity contribution is 7.90. The molecule has 26 heavy (non-hydrogen) atoms. The Morgan fingerprint density at radius 3 is 2.31 bits per heavy atom. The molecule has 1 amide bonds. The fourth-order valence-corrected chi connectivity index (χ4v) is 3.95. The van der Waals surface area contributed by atoms with Crippen molar-refractivity contribution >= 4 is 26.9 Å². The fourth-order valence-electron chi connectivity index (χ4n) is 3.32. The SMILES string of the molecule is CCCN1CC(c2ccc(S(C)(=O)=O)cc2)=C(c2cccc(C)c2)C1=O. The Hall–Kier alpha value is -2.40. The lowest BCUT2D eigenvalue weighted by Gasteiger charge is -2.15. The van der Waals surface area contributed by atoms with Gasteiger partial charge < -0.3 is 4.90 Å². The molecule has 1 aliphatic heterocycles. The number of rotatable bonds is 5. The molecule has 3 rings (SSSR count). The molecule has 0 saturated heterocycles. The molecule has 0 radical (unpaired) electrons. The Bertz CT molecular complexity index is 973. The number of hydrogen-bond donors (Lipinski definition) is 0. The highest BCUT2D eigenvalue weighted by Crippen LogP contribution is 2.35. The van der Waals surface area contributed by atoms with E-state index in [0.29, 0.717) is 18.7 Å². The van der Waals surface area contributed by atoms with E-state index in [1.165, 1.54) is 6.26 Å². The molecule has 0 fully saturated rings. The largest absolute Gasteiger partial charge is 0.334 e. The standard InChI is InChI=1S/C21H23NO3S/c1-4-12-22-14-19(16-8-10-18(11-9-16)26(3,24)25)20(21(22)23)17-7-5-6-15(2)13-17/h5-11,13H,4,12,14H2,1-3H3. The smallest absolute Gasteiger partial charge is 0.255 e. The van der Waals surface area contributed by atoms with Gasteiger partial charge >= 0.3 is 0 Å². The third kappa shape index (κ3) is 3.58. The lowest BCUT2D eigenvalue weighted by Crippen LogP contribution is -2.27. The Kier molecular flexibility index (Phi) is 5.01. The Balaban J connectivity index is 2.11. The molecule has 0 atom stereocenters. The van der Waals surface area contributed by atoms with Crippen LogP contribution in [0.15, 0.2) is 53.4 Å². The Morgan fingerprint density at radius 2 is 1.73 bits per heavy atom. The van der Waals surface area contributed by atoms with Crippen LogP contribution in [0.2, 0.25) is 0 Å². The number of amides is 1. The fraction of sp³-hybridized carbons (Fsp3) is 0.286. The molecule has 1 aliphatic rings. The van der Waals surface area contributed by atoms with Gasteiger partial charge in [0.25, 0.3) is 5.91 Å². The number of sulfone groups is 1. The molecule has 4 nitrogen and oxygen atoms in total. The van der Waals surface area contributed by atoms with Crippen molar-refractivity contribution in [2.24, 2.45) is 0 Å². The van der Waals surface area contributed by atoms with Crippen molar-refractivity contribution in [2.45, 2.75) is 25.2 Å². The van der Waals surface area contributed by atoms with E-state index in [0.717, 1.165) is 28.7 Å². The number of hydrogen-bond acceptors (Lipinski definition) is 3. The van der Waals surface area contributed by atoms with Crippen LogP contribution in [-0.2, 0) is 14.6 Å². The maximum absolute atomic E-state index is 13.0. The third-order valence-electron chi connectivity index (χ3n) is 4.58. The number of aryl methyl sites for hydroxylation is 1. The van der Waals surface area contributed by atoms with Gasteiger partial charge in [-0.2, -0.15) is 0 Å². The lowest BCUT2D eigenvalue weighted by atomic mass is 9.96. The quantitative estimate of drug-likeness (QED) is 0.810. The molecule has 2 aromatic rings. The molecule has 0 aliphatic carbocycles. The lowest BCUT2D eigenvalue weighted by molar-refractivity contribution is -0.123. The zero-order chi connectivity index (χ0) is 18.9. The first-order valence-electron chi connectivity index (χ1n) is 8.71. The van der Waals surface area contributed by atoms with Gasteiger partial charge in [-0.15, -0.1) is 0 Å². The second-order valence-electron chi connectivity index (χ2n) is 6.75. The van der Waals surface area contributed by atoms with Gasteiger partial charge in [-0.1, -0.05) is 48.9 Å². The summed E-state index contributed by atoms with van der Waals surface area (Å²) in [6.45, 7) is 5.32. The van der Waals surface area contributed by atoms with Gasteiger partial charge in [-0.05, 0) is 42.2 Å². The van der Waals surface area contributed by atoms with Crippen LogP contribution in [0.3, 0.4) is 0 Å². The molecule has 0 saturated carbocycles. The number of nitrogens with zero attached hydrogens (tertiary/aromatic N) is 1. The Labute approximate surface area is 155 Å². The van der Waals surface area contributed by atoms with Crippen LogP contribution in [0.5, 0.6) is 0 Å². The molecule has 0 aromatic heterocycles. The molecule has 0 bridgehead atoms. The van der Waals surface area contributed by atoms with Crippen molar-refractivity contribution in [2.75, 3.05) is 19.3 Å². The number of carbonyl (C=O) groups is 1. The first-order chi connectivity index (χ1) is 12.3. The van der Waals surface area contributed by atoms with Crippen LogP contribution in [0.25, 0.3) is 11.1 Å². The summed E-state index contributed by atoms with van der Waals surface area (Å²) in [5.41, 5.74) is 4.57. The average Bonchev–Trinajstić information content (AvgIpc) is 2.91. The van der Waals surface area contributed by atoms with Crippen LogP contribution in [-0.4, -0.2) is 38.6 Å². The Morgan fingerprint density at radius 1 is 1.04 bits per heavy atom. The van der Waals surface area contributed by atoms with E-state index in [4.69, 9.17) is 0 Å². The van der Waals surface area contributed by atoms with Crippen molar-refractivity contribution < 1.29 is 13.2 Å². The van der Waals surface area contributed by atoms with Crippen molar-refractivity contribution in [3.63, 3.8) is 0 Å². The number of carbonyl (C=O) groups excluding carboxylic acids is 1. The van der Waals surface area contributed by atoms with Crippen molar-refractivity contribution in [1.82, 2.24) is 4.90 Å². The van der Waals surface area contributed by atoms with Crippen LogP contribution < -0.4 is 0 Å². The second kappa shape index (κ2) is 7.08. The summed E-state index contributed by atoms with van der Waals surface area (Å²) in [6.07, 6.45) is 2.09. The van der Waals surface area contributed by atoms with Gasteiger partial charge in [0.15, 0.2) is 9.84 Å². The van der Waals surface area contributed by atoms with Crippen molar-refractivity contribution in [3.8, 4) is 0 Å². The first kappa shape index (κ1) is 18.4. The molecule has 0 spiro atoms. The normalized spacial score (nSPS) is 15.0. The van der Waals surface area contributed by atoms with Gasteiger partial charge in [-0.3, -0.25) is 4.79 Å². The summed E-state index contributed by atoms with van der Waals surface area (Å²) >= 11 is 0. The van der Waals surface area contributed by atoms with Crippen LogP contribution in [0.1, 0.15) is 30.0 Å². The van der Waals surface area contributed by atoms with Crippen molar-refractivity contribution in [3.05, 3.63) is 65.2 Å². The van der Waals surface area contributed by atoms with E-state index in [1.807, 2.05) is 36.1 Å². The average molecular weight is 369 g/mol. The molecular weight excluding hydrogens is 346 g/mol. The van der Waals surface area contributed by atoms with E-state index in [2.05, 4.69) is 6.92 Å². The summed E-state index contributed by atoms with van der Waals surface area (Å²) in [5, 5.41) is 0. The second-order valence-corrected chi connectivity index (χ2v) is 8.76. The highest BCUT2D eigenvalue weighted by Gasteiger charge is 2.31. The minimum Gasteiger partial charge on any atom is -0.334 e. The molecule has 2 aromatic carbocycles. The molecule has 1 heterocycles. The minimum absolute atomic E-state index is 0.0413. The monoisotopic (exact) mass is 369 g/mol. The molecule has 0 unspecified atom stereocenters. The summed E-state index contributed by atoms with van der Waals surface area (Å²) in [5.74, 6) is 0.0413. The first-order valence-corrected chi connectivity index (χ1v) is 10.6. The third-order valence-corrected chi connectivity index (χ3v) is 5.71. The zero-order valence-electron chi connectivity index (χ0n) is 15.3. The van der Waals surface area contributed by atoms with Gasteiger partial charge in [0.05, 0.1) is 10.5 Å². The van der Waals surface area contributed by atoms with Crippen LogP contribution in [0.4, 0.5) is 0 Å². The number of benzene rings is 2. The molecule has 5 heteroatoms. The van der Waals surface area contributed by atoms with E-state index < -0.39 is 9.84 Å². The highest BCUT2D eigenvalue weighted by atomic mass is 32.2. The zero-order valence-corrected chi connectivity index (χ0v) is 16.1. The molecule has 136 valence electrons. The van der Waals surface area contributed by atoms with Crippen LogP contribution >= 0.6 is 0 Å². The maximum atomic E-state index is 13.0. The van der Waals surface area contributed by atoms with E-state index in [9.17, 15) is 13.2 Å². The summed E-state index contributed by atoms with van der Waals surface area (Å²) in [6, 6.07) is 14.8. The predicted octanol–water partition coefficient (Wildman–Crippen LogP) is 3.56. The summed E-state index contributed by atoms with van der Waals surface area (Å²) < 4.78 is 23.4. The van der Waals surface area contributed by atoms with Gasteiger partial charge in [-0.25, -0.2) is 8.42 Å². The van der Waals surface area contributed by atoms with E-state index in [1.54, 1.807) is 24.3 Å². The maximum Gasteiger partial charge on any atom is 0.255 e. The van der Waals surface area contributed by atoms with E-state index in [-0.39, 0.29) is 10.8 Å². The minimum atomic E-state index is -3.24. The predicted molar refractivity (Wildman–Crippen MR) is 104 cm³/mol. The van der Waals surface area contributed by atoms with Gasteiger partial charge in [0.1, 0.15) is 0 Å². The summed E-state index contributed by atoms with van der Waals surface area (Å²) in [4.78, 5) is 15.1. The van der Waals surface area contributed by atoms with E-state index >= 15 is 0 Å². The molecule has 0 N–H and O–H groups in total. The topological polar surface area (TPSA) is 54.5 Å². The molecular formula is C21H23NO3S. The summed E-state index contributed by atoms with van der Waals surface area (Å²) in [7, 11) is -3.24. The van der Waals surface area contributed by atoms with Gasteiger partial charge in [0.2, 0.25) is 0 Å². The van der Waals surface area contributed by atoms with Gasteiger partial charge in [0, 0.05) is 19.3 Å². The van der Waals surface area contributed by atoms with Crippen molar-refractivity contribution in [1.29, 1.82) is 0 Å². The van der Waals surface area contributed by atoms with Crippen LogP contribution in [0, 0.1) is 6.92 Å².